The zero-order chi connectivity index (χ0) is 14.5. The highest BCUT2D eigenvalue weighted by molar-refractivity contribution is 7.99. The molecule has 1 aromatic heterocycles. The number of rotatable bonds is 5. The van der Waals surface area contributed by atoms with Gasteiger partial charge in [0.25, 0.3) is 0 Å². The molecule has 4 heteroatoms. The molecular formula is C16H21N3S. The summed E-state index contributed by atoms with van der Waals surface area (Å²) < 4.78 is 0. The van der Waals surface area contributed by atoms with Crippen molar-refractivity contribution in [2.24, 2.45) is 0 Å². The van der Waals surface area contributed by atoms with Gasteiger partial charge in [-0.3, -0.25) is 0 Å². The summed E-state index contributed by atoms with van der Waals surface area (Å²) in [6, 6.07) is 8.56. The van der Waals surface area contributed by atoms with Crippen molar-refractivity contribution in [3.8, 4) is 0 Å². The number of hydrogen-bond acceptors (Lipinski definition) is 4. The van der Waals surface area contributed by atoms with Gasteiger partial charge in [-0.2, -0.15) is 0 Å². The molecule has 1 heterocycles. The molecule has 3 nitrogen and oxygen atoms in total. The number of benzene rings is 1. The minimum Gasteiger partial charge on any atom is -0.313 e. The van der Waals surface area contributed by atoms with Crippen LogP contribution < -0.4 is 5.32 Å². The van der Waals surface area contributed by atoms with Crippen LogP contribution in [0.25, 0.3) is 0 Å². The maximum Gasteiger partial charge on any atom is 0.192 e. The molecule has 1 aromatic carbocycles. The van der Waals surface area contributed by atoms with Crippen LogP contribution in [0.2, 0.25) is 0 Å². The van der Waals surface area contributed by atoms with Crippen LogP contribution in [0.15, 0.2) is 34.3 Å². The average Bonchev–Trinajstić information content (AvgIpc) is 2.44. The van der Waals surface area contributed by atoms with E-state index >= 15 is 0 Å². The summed E-state index contributed by atoms with van der Waals surface area (Å²) in [6.45, 7) is 10.2. The van der Waals surface area contributed by atoms with Crippen molar-refractivity contribution < 1.29 is 0 Å². The summed E-state index contributed by atoms with van der Waals surface area (Å²) in [5.74, 6) is 0. The minimum atomic E-state index is 0.824. The van der Waals surface area contributed by atoms with Gasteiger partial charge in [-0.1, -0.05) is 19.1 Å². The van der Waals surface area contributed by atoms with Gasteiger partial charge in [0.05, 0.1) is 0 Å². The summed E-state index contributed by atoms with van der Waals surface area (Å²) in [5.41, 5.74) is 4.59. The number of nitrogens with one attached hydrogen (secondary N) is 1. The Morgan fingerprint density at radius 2 is 1.60 bits per heavy atom. The number of aromatic nitrogens is 2. The van der Waals surface area contributed by atoms with Crippen LogP contribution in [0.1, 0.15) is 29.4 Å². The zero-order valence-corrected chi connectivity index (χ0v) is 13.3. The smallest absolute Gasteiger partial charge is 0.192 e. The van der Waals surface area contributed by atoms with Gasteiger partial charge in [-0.15, -0.1) is 0 Å². The molecule has 0 spiro atoms. The molecule has 0 radical (unpaired) electrons. The van der Waals surface area contributed by atoms with E-state index in [1.165, 1.54) is 16.0 Å². The van der Waals surface area contributed by atoms with Gasteiger partial charge in [0, 0.05) is 22.8 Å². The summed E-state index contributed by atoms with van der Waals surface area (Å²) in [5, 5.41) is 4.15. The predicted molar refractivity (Wildman–Crippen MR) is 84.2 cm³/mol. The van der Waals surface area contributed by atoms with Gasteiger partial charge in [0.2, 0.25) is 0 Å². The quantitative estimate of drug-likeness (QED) is 0.852. The summed E-state index contributed by atoms with van der Waals surface area (Å²) in [4.78, 5) is 10.3. The van der Waals surface area contributed by atoms with Crippen LogP contribution in [0, 0.1) is 20.8 Å². The minimum absolute atomic E-state index is 0.824. The molecule has 0 atom stereocenters. The lowest BCUT2D eigenvalue weighted by molar-refractivity contribution is 0.726. The summed E-state index contributed by atoms with van der Waals surface area (Å²) in [7, 11) is 0. The van der Waals surface area contributed by atoms with Crippen molar-refractivity contribution in [2.45, 2.75) is 44.3 Å². The molecule has 1 N–H and O–H groups in total. The highest BCUT2D eigenvalue weighted by Gasteiger charge is 2.06. The third-order valence-corrected chi connectivity index (χ3v) is 4.20. The lowest BCUT2D eigenvalue weighted by atomic mass is 10.2. The molecule has 2 rings (SSSR count). The Balaban J connectivity index is 2.10. The highest BCUT2D eigenvalue weighted by Crippen LogP contribution is 2.26. The van der Waals surface area contributed by atoms with E-state index in [0.29, 0.717) is 0 Å². The first-order valence-electron chi connectivity index (χ1n) is 6.89. The maximum absolute atomic E-state index is 4.54. The fraction of sp³-hybridized carbons (Fsp3) is 0.375. The highest BCUT2D eigenvalue weighted by atomic mass is 32.2. The van der Waals surface area contributed by atoms with E-state index in [1.807, 2.05) is 13.8 Å². The van der Waals surface area contributed by atoms with E-state index in [2.05, 4.69) is 53.4 Å². The molecule has 0 saturated carbocycles. The van der Waals surface area contributed by atoms with Crippen LogP contribution in [-0.2, 0) is 6.54 Å². The number of hydrogen-bond donors (Lipinski definition) is 1. The third-order valence-electron chi connectivity index (χ3n) is 3.32. The van der Waals surface area contributed by atoms with Gasteiger partial charge < -0.3 is 5.32 Å². The van der Waals surface area contributed by atoms with Gasteiger partial charge in [-0.25, -0.2) is 9.97 Å². The first-order chi connectivity index (χ1) is 9.60. The van der Waals surface area contributed by atoms with E-state index in [-0.39, 0.29) is 0 Å². The molecule has 0 fully saturated rings. The zero-order valence-electron chi connectivity index (χ0n) is 12.5. The van der Waals surface area contributed by atoms with E-state index in [9.17, 15) is 0 Å². The molecule has 0 amide bonds. The van der Waals surface area contributed by atoms with Crippen LogP contribution in [0.3, 0.4) is 0 Å². The van der Waals surface area contributed by atoms with Crippen molar-refractivity contribution in [3.63, 3.8) is 0 Å². The first-order valence-corrected chi connectivity index (χ1v) is 7.71. The summed E-state index contributed by atoms with van der Waals surface area (Å²) >= 11 is 1.61. The maximum atomic E-state index is 4.54. The van der Waals surface area contributed by atoms with E-state index < -0.39 is 0 Å². The van der Waals surface area contributed by atoms with Crippen molar-refractivity contribution >= 4 is 11.8 Å². The fourth-order valence-corrected chi connectivity index (χ4v) is 2.69. The summed E-state index contributed by atoms with van der Waals surface area (Å²) in [6.07, 6.45) is 0. The average molecular weight is 287 g/mol. The molecule has 0 bridgehead atoms. The van der Waals surface area contributed by atoms with Gasteiger partial charge in [-0.05, 0) is 62.3 Å². The predicted octanol–water partition coefficient (Wildman–Crippen LogP) is 3.66. The van der Waals surface area contributed by atoms with Gasteiger partial charge >= 0.3 is 0 Å². The van der Waals surface area contributed by atoms with Crippen LogP contribution in [0.4, 0.5) is 0 Å². The van der Waals surface area contributed by atoms with Crippen molar-refractivity contribution in [3.05, 3.63) is 46.8 Å². The fourth-order valence-electron chi connectivity index (χ4n) is 1.84. The Bertz CT molecular complexity index is 556. The second kappa shape index (κ2) is 6.86. The Kier molecular flexibility index (Phi) is 5.15. The van der Waals surface area contributed by atoms with Gasteiger partial charge in [0.15, 0.2) is 5.16 Å². The molecule has 0 unspecified atom stereocenters. The van der Waals surface area contributed by atoms with E-state index in [1.54, 1.807) is 11.8 Å². The van der Waals surface area contributed by atoms with Crippen LogP contribution in [-0.4, -0.2) is 16.5 Å². The molecule has 20 heavy (non-hydrogen) atoms. The SMILES string of the molecule is CCNCc1ccc(Sc2nc(C)c(C)c(C)n2)cc1. The van der Waals surface area contributed by atoms with Crippen molar-refractivity contribution in [2.75, 3.05) is 6.54 Å². The third kappa shape index (κ3) is 3.81. The first kappa shape index (κ1) is 15.0. The lowest BCUT2D eigenvalue weighted by Crippen LogP contribution is -2.11. The molecule has 0 aliphatic carbocycles. The standard InChI is InChI=1S/C16H21N3S/c1-5-17-10-14-6-8-15(9-7-14)20-16-18-12(3)11(2)13(4)19-16/h6-9,17H,5,10H2,1-4H3. The van der Waals surface area contributed by atoms with Gasteiger partial charge in [0.1, 0.15) is 0 Å². The molecule has 106 valence electrons. The lowest BCUT2D eigenvalue weighted by Gasteiger charge is -2.07. The second-order valence-electron chi connectivity index (χ2n) is 4.83. The largest absolute Gasteiger partial charge is 0.313 e. The van der Waals surface area contributed by atoms with Crippen molar-refractivity contribution in [1.82, 2.24) is 15.3 Å². The van der Waals surface area contributed by atoms with E-state index in [0.717, 1.165) is 29.6 Å². The Hall–Kier alpha value is -1.39. The Morgan fingerprint density at radius 1 is 1.00 bits per heavy atom. The topological polar surface area (TPSA) is 37.8 Å². The number of nitrogens with zero attached hydrogens (tertiary/aromatic N) is 2. The number of aryl methyl sites for hydroxylation is 2. The Morgan fingerprint density at radius 3 is 2.15 bits per heavy atom. The normalized spacial score (nSPS) is 10.8. The molecule has 2 aromatic rings. The van der Waals surface area contributed by atoms with Crippen LogP contribution >= 0.6 is 11.8 Å². The second-order valence-corrected chi connectivity index (χ2v) is 5.87. The Labute approximate surface area is 125 Å². The molecule has 0 aliphatic rings. The molecule has 0 saturated heterocycles. The monoisotopic (exact) mass is 287 g/mol. The molecule has 0 aliphatic heterocycles. The van der Waals surface area contributed by atoms with Crippen LogP contribution in [0.5, 0.6) is 0 Å². The van der Waals surface area contributed by atoms with Crippen molar-refractivity contribution in [1.29, 1.82) is 0 Å². The van der Waals surface area contributed by atoms with E-state index in [4.69, 9.17) is 0 Å². The molecular weight excluding hydrogens is 266 g/mol.